The first kappa shape index (κ1) is 24.7. The number of para-hydroxylation sites is 1. The van der Waals surface area contributed by atoms with E-state index in [1.165, 1.54) is 17.2 Å². The monoisotopic (exact) mass is 553 g/mol. The second-order valence-electron chi connectivity index (χ2n) is 8.03. The Kier molecular flexibility index (Phi) is 9.55. The molecule has 0 amide bonds. The Hall–Kier alpha value is -1.91. The van der Waals surface area contributed by atoms with Crippen LogP contribution < -0.4 is 10.2 Å². The van der Waals surface area contributed by atoms with Crippen molar-refractivity contribution in [3.8, 4) is 0 Å². The van der Waals surface area contributed by atoms with Crippen molar-refractivity contribution in [3.05, 3.63) is 65.5 Å². The van der Waals surface area contributed by atoms with Gasteiger partial charge < -0.3 is 19.9 Å². The lowest BCUT2D eigenvalue weighted by atomic mass is 10.1. The second-order valence-corrected chi connectivity index (χ2v) is 8.03. The number of nitrogens with zero attached hydrogens (tertiary/aromatic N) is 4. The van der Waals surface area contributed by atoms with Gasteiger partial charge in [0.25, 0.3) is 0 Å². The molecule has 0 saturated carbocycles. The zero-order valence-corrected chi connectivity index (χ0v) is 21.0. The minimum Gasteiger partial charge on any atom is -0.379 e. The van der Waals surface area contributed by atoms with Gasteiger partial charge in [0.1, 0.15) is 5.82 Å². The number of rotatable bonds is 5. The predicted molar refractivity (Wildman–Crippen MR) is 138 cm³/mol. The molecule has 174 valence electrons. The predicted octanol–water partition coefficient (Wildman–Crippen LogP) is 3.17. The fourth-order valence-electron chi connectivity index (χ4n) is 4.16. The van der Waals surface area contributed by atoms with E-state index in [0.717, 1.165) is 71.5 Å². The van der Waals surface area contributed by atoms with Gasteiger partial charge in [0, 0.05) is 59.4 Å². The van der Waals surface area contributed by atoms with Gasteiger partial charge in [-0.1, -0.05) is 36.4 Å². The lowest BCUT2D eigenvalue weighted by Gasteiger charge is -2.37. The van der Waals surface area contributed by atoms with E-state index in [1.54, 1.807) is 6.07 Å². The average Bonchev–Trinajstić information content (AvgIpc) is 2.82. The molecule has 2 aliphatic rings. The first-order chi connectivity index (χ1) is 15.2. The van der Waals surface area contributed by atoms with Crippen molar-refractivity contribution < 1.29 is 9.13 Å². The zero-order valence-electron chi connectivity index (χ0n) is 18.7. The molecule has 0 aromatic heterocycles. The molecule has 2 saturated heterocycles. The summed E-state index contributed by atoms with van der Waals surface area (Å²) in [5, 5.41) is 3.48. The summed E-state index contributed by atoms with van der Waals surface area (Å²) in [4.78, 5) is 11.2. The highest BCUT2D eigenvalue weighted by molar-refractivity contribution is 14.0. The fourth-order valence-corrected chi connectivity index (χ4v) is 4.16. The molecule has 4 rings (SSSR count). The molecule has 0 spiro atoms. The smallest absolute Gasteiger partial charge is 0.194 e. The fraction of sp³-hybridized carbons (Fsp3) is 0.458. The normalized spacial score (nSPS) is 17.8. The van der Waals surface area contributed by atoms with Gasteiger partial charge in [0.2, 0.25) is 0 Å². The minimum absolute atomic E-state index is 0. The molecule has 0 atom stereocenters. The van der Waals surface area contributed by atoms with Crippen LogP contribution in [-0.4, -0.2) is 75.3 Å². The Morgan fingerprint density at radius 2 is 1.59 bits per heavy atom. The number of nitrogens with one attached hydrogen (secondary N) is 1. The summed E-state index contributed by atoms with van der Waals surface area (Å²) in [5.41, 5.74) is 3.25. The third kappa shape index (κ3) is 6.55. The van der Waals surface area contributed by atoms with Crippen LogP contribution in [-0.2, 0) is 17.8 Å². The molecule has 2 aliphatic heterocycles. The quantitative estimate of drug-likeness (QED) is 0.350. The van der Waals surface area contributed by atoms with Crippen molar-refractivity contribution in [2.75, 3.05) is 64.4 Å². The Morgan fingerprint density at radius 1 is 0.938 bits per heavy atom. The Labute approximate surface area is 207 Å². The topological polar surface area (TPSA) is 43.3 Å². The van der Waals surface area contributed by atoms with E-state index < -0.39 is 0 Å². The molecular formula is C24H33FIN5O. The molecule has 0 unspecified atom stereocenters. The SMILES string of the molecule is CN=C(NCc1ccc(CN2CCOCC2)cc1)N1CCN(c2ccccc2F)CC1.I. The van der Waals surface area contributed by atoms with E-state index in [-0.39, 0.29) is 29.8 Å². The summed E-state index contributed by atoms with van der Waals surface area (Å²) < 4.78 is 19.5. The number of aliphatic imine (C=N–C) groups is 1. The minimum atomic E-state index is -0.157. The molecule has 2 aromatic carbocycles. The Morgan fingerprint density at radius 3 is 2.25 bits per heavy atom. The van der Waals surface area contributed by atoms with Crippen molar-refractivity contribution in [1.82, 2.24) is 15.1 Å². The molecular weight excluding hydrogens is 520 g/mol. The molecule has 0 radical (unpaired) electrons. The van der Waals surface area contributed by atoms with Gasteiger partial charge in [0.15, 0.2) is 5.96 Å². The van der Waals surface area contributed by atoms with E-state index in [9.17, 15) is 4.39 Å². The van der Waals surface area contributed by atoms with Crippen LogP contribution in [0.4, 0.5) is 10.1 Å². The van der Waals surface area contributed by atoms with Crippen LogP contribution in [0.15, 0.2) is 53.5 Å². The maximum absolute atomic E-state index is 14.1. The van der Waals surface area contributed by atoms with Gasteiger partial charge in [0.05, 0.1) is 18.9 Å². The second kappa shape index (κ2) is 12.4. The summed E-state index contributed by atoms with van der Waals surface area (Å²) in [7, 11) is 1.82. The van der Waals surface area contributed by atoms with E-state index in [1.807, 2.05) is 19.2 Å². The summed E-state index contributed by atoms with van der Waals surface area (Å²) >= 11 is 0. The summed E-state index contributed by atoms with van der Waals surface area (Å²) in [6.07, 6.45) is 0. The lowest BCUT2D eigenvalue weighted by molar-refractivity contribution is 0.0342. The molecule has 0 bridgehead atoms. The average molecular weight is 553 g/mol. The Bertz CT molecular complexity index is 865. The molecule has 1 N–H and O–H groups in total. The number of anilines is 1. The van der Waals surface area contributed by atoms with Gasteiger partial charge in [-0.25, -0.2) is 4.39 Å². The standard InChI is InChI=1S/C24H32FN5O.HI/c1-26-24(30-12-10-29(11-13-30)23-5-3-2-4-22(23)25)27-18-20-6-8-21(9-7-20)19-28-14-16-31-17-15-28;/h2-9H,10-19H2,1H3,(H,26,27);1H. The van der Waals surface area contributed by atoms with Gasteiger partial charge in [-0.15, -0.1) is 24.0 Å². The number of guanidine groups is 1. The highest BCUT2D eigenvalue weighted by Crippen LogP contribution is 2.20. The van der Waals surface area contributed by atoms with E-state index in [2.05, 4.69) is 49.3 Å². The van der Waals surface area contributed by atoms with Crippen molar-refractivity contribution in [2.45, 2.75) is 13.1 Å². The van der Waals surface area contributed by atoms with E-state index in [4.69, 9.17) is 4.74 Å². The van der Waals surface area contributed by atoms with Crippen molar-refractivity contribution in [3.63, 3.8) is 0 Å². The number of piperazine rings is 1. The van der Waals surface area contributed by atoms with Crippen LogP contribution in [0.1, 0.15) is 11.1 Å². The maximum atomic E-state index is 14.1. The maximum Gasteiger partial charge on any atom is 0.194 e. The highest BCUT2D eigenvalue weighted by Gasteiger charge is 2.21. The largest absolute Gasteiger partial charge is 0.379 e. The number of morpholine rings is 1. The number of halogens is 2. The van der Waals surface area contributed by atoms with Gasteiger partial charge >= 0.3 is 0 Å². The van der Waals surface area contributed by atoms with Gasteiger partial charge in [-0.05, 0) is 23.3 Å². The molecule has 2 fully saturated rings. The van der Waals surface area contributed by atoms with Crippen LogP contribution in [0.25, 0.3) is 0 Å². The van der Waals surface area contributed by atoms with E-state index in [0.29, 0.717) is 5.69 Å². The summed E-state index contributed by atoms with van der Waals surface area (Å²) in [6.45, 7) is 8.55. The number of hydrogen-bond donors (Lipinski definition) is 1. The number of hydrogen-bond acceptors (Lipinski definition) is 4. The molecule has 2 aromatic rings. The third-order valence-corrected chi connectivity index (χ3v) is 5.97. The molecule has 2 heterocycles. The van der Waals surface area contributed by atoms with Gasteiger partial charge in [-0.2, -0.15) is 0 Å². The summed E-state index contributed by atoms with van der Waals surface area (Å²) in [5.74, 6) is 0.737. The highest BCUT2D eigenvalue weighted by atomic mass is 127. The van der Waals surface area contributed by atoms with Crippen LogP contribution in [0.2, 0.25) is 0 Å². The van der Waals surface area contributed by atoms with Crippen molar-refractivity contribution in [1.29, 1.82) is 0 Å². The van der Waals surface area contributed by atoms with Crippen LogP contribution in [0.5, 0.6) is 0 Å². The number of ether oxygens (including phenoxy) is 1. The molecule has 8 heteroatoms. The molecule has 32 heavy (non-hydrogen) atoms. The van der Waals surface area contributed by atoms with Crippen molar-refractivity contribution in [2.24, 2.45) is 4.99 Å². The van der Waals surface area contributed by atoms with Gasteiger partial charge in [-0.3, -0.25) is 9.89 Å². The molecule has 0 aliphatic carbocycles. The van der Waals surface area contributed by atoms with E-state index >= 15 is 0 Å². The van der Waals surface area contributed by atoms with Crippen LogP contribution >= 0.6 is 24.0 Å². The first-order valence-electron chi connectivity index (χ1n) is 11.1. The van der Waals surface area contributed by atoms with Crippen LogP contribution in [0, 0.1) is 5.82 Å². The van der Waals surface area contributed by atoms with Crippen molar-refractivity contribution >= 4 is 35.6 Å². The third-order valence-electron chi connectivity index (χ3n) is 5.97. The van der Waals surface area contributed by atoms with Crippen LogP contribution in [0.3, 0.4) is 0 Å². The zero-order chi connectivity index (χ0) is 21.5. The Balaban J connectivity index is 0.00000289. The summed E-state index contributed by atoms with van der Waals surface area (Å²) in [6, 6.07) is 15.8. The molecule has 6 nitrogen and oxygen atoms in total. The number of benzene rings is 2. The first-order valence-corrected chi connectivity index (χ1v) is 11.1. The lowest BCUT2D eigenvalue weighted by Crippen LogP contribution is -2.52.